The molecule has 1 aliphatic heterocycles. The maximum absolute atomic E-state index is 13.3. The van der Waals surface area contributed by atoms with E-state index in [0.717, 1.165) is 17.7 Å². The second-order valence-electron chi connectivity index (χ2n) is 6.60. The normalized spacial score (nSPS) is 16.7. The van der Waals surface area contributed by atoms with Crippen LogP contribution >= 0.6 is 24.0 Å². The maximum Gasteiger partial charge on any atom is 0.276 e. The van der Waals surface area contributed by atoms with Crippen LogP contribution < -0.4 is 5.32 Å². The molecule has 7 nitrogen and oxygen atoms in total. The number of hydrogen-bond donors (Lipinski definition) is 1. The first kappa shape index (κ1) is 20.4. The Labute approximate surface area is 174 Å². The fraction of sp³-hybridized carbons (Fsp3) is 0.316. The first-order chi connectivity index (χ1) is 13.0. The van der Waals surface area contributed by atoms with Crippen molar-refractivity contribution >= 4 is 29.9 Å². The van der Waals surface area contributed by atoms with Crippen LogP contribution in [-0.4, -0.2) is 45.2 Å². The number of piperazine rings is 1. The second kappa shape index (κ2) is 8.34. The van der Waals surface area contributed by atoms with Crippen molar-refractivity contribution in [1.82, 2.24) is 25.0 Å². The number of amides is 1. The molecule has 3 aromatic rings. The lowest BCUT2D eigenvalue weighted by Crippen LogP contribution is -2.48. The molecule has 0 radical (unpaired) electrons. The van der Waals surface area contributed by atoms with Gasteiger partial charge in [0.15, 0.2) is 5.69 Å². The lowest BCUT2D eigenvalue weighted by molar-refractivity contribution is 0.0627. The standard InChI is InChI=1S/C19H20ClN5O2.ClH/c1-12-17(23-18(27-12)14-9-22-24(2)11-14)19(26)25-7-6-21-10-16(25)13-4-3-5-15(20)8-13;/h3-5,8-9,11,16,21H,6-7,10H2,1-2H3;1H. The van der Waals surface area contributed by atoms with Crippen molar-refractivity contribution in [3.8, 4) is 11.5 Å². The number of oxazole rings is 1. The third-order valence-corrected chi connectivity index (χ3v) is 4.92. The van der Waals surface area contributed by atoms with E-state index in [1.54, 1.807) is 24.0 Å². The Morgan fingerprint density at radius 2 is 2.21 bits per heavy atom. The van der Waals surface area contributed by atoms with Gasteiger partial charge in [0.05, 0.1) is 17.8 Å². The van der Waals surface area contributed by atoms with E-state index in [-0.39, 0.29) is 24.4 Å². The fourth-order valence-corrected chi connectivity index (χ4v) is 3.54. The molecule has 1 aromatic carbocycles. The van der Waals surface area contributed by atoms with Crippen LogP contribution in [0.5, 0.6) is 0 Å². The third kappa shape index (κ3) is 3.92. The van der Waals surface area contributed by atoms with Crippen molar-refractivity contribution < 1.29 is 9.21 Å². The first-order valence-electron chi connectivity index (χ1n) is 8.76. The van der Waals surface area contributed by atoms with Gasteiger partial charge in [-0.15, -0.1) is 12.4 Å². The molecule has 0 saturated carbocycles. The quantitative estimate of drug-likeness (QED) is 0.702. The molecule has 1 saturated heterocycles. The highest BCUT2D eigenvalue weighted by molar-refractivity contribution is 6.30. The first-order valence-corrected chi connectivity index (χ1v) is 9.14. The number of benzene rings is 1. The van der Waals surface area contributed by atoms with Gasteiger partial charge in [-0.3, -0.25) is 9.48 Å². The molecule has 1 atom stereocenters. The molecule has 1 amide bonds. The van der Waals surface area contributed by atoms with Crippen molar-refractivity contribution in [2.45, 2.75) is 13.0 Å². The van der Waals surface area contributed by atoms with Crippen LogP contribution in [0.1, 0.15) is 27.9 Å². The van der Waals surface area contributed by atoms with E-state index >= 15 is 0 Å². The van der Waals surface area contributed by atoms with Gasteiger partial charge in [-0.25, -0.2) is 4.98 Å². The summed E-state index contributed by atoms with van der Waals surface area (Å²) >= 11 is 6.15. The van der Waals surface area contributed by atoms with E-state index < -0.39 is 0 Å². The fourth-order valence-electron chi connectivity index (χ4n) is 3.35. The molecule has 3 heterocycles. The van der Waals surface area contributed by atoms with E-state index in [4.69, 9.17) is 16.0 Å². The highest BCUT2D eigenvalue weighted by Gasteiger charge is 2.32. The summed E-state index contributed by atoms with van der Waals surface area (Å²) < 4.78 is 7.41. The number of carbonyl (C=O) groups is 1. The summed E-state index contributed by atoms with van der Waals surface area (Å²) in [6.45, 7) is 3.74. The molecule has 28 heavy (non-hydrogen) atoms. The Balaban J connectivity index is 0.00000225. The summed E-state index contributed by atoms with van der Waals surface area (Å²) in [5.74, 6) is 0.762. The zero-order chi connectivity index (χ0) is 19.0. The van der Waals surface area contributed by atoms with Gasteiger partial charge in [-0.05, 0) is 24.6 Å². The van der Waals surface area contributed by atoms with Crippen molar-refractivity contribution in [1.29, 1.82) is 0 Å². The molecule has 1 fully saturated rings. The van der Waals surface area contributed by atoms with Gasteiger partial charge >= 0.3 is 0 Å². The number of nitrogens with zero attached hydrogens (tertiary/aromatic N) is 4. The Morgan fingerprint density at radius 1 is 1.39 bits per heavy atom. The van der Waals surface area contributed by atoms with Gasteiger partial charge in [0.25, 0.3) is 5.91 Å². The van der Waals surface area contributed by atoms with Crippen LogP contribution in [0.4, 0.5) is 0 Å². The summed E-state index contributed by atoms with van der Waals surface area (Å²) in [6, 6.07) is 7.51. The number of aromatic nitrogens is 3. The van der Waals surface area contributed by atoms with Crippen LogP contribution in [0.2, 0.25) is 5.02 Å². The number of carbonyl (C=O) groups excluding carboxylic acids is 1. The number of halogens is 2. The van der Waals surface area contributed by atoms with E-state index in [2.05, 4.69) is 15.4 Å². The predicted molar refractivity (Wildman–Crippen MR) is 109 cm³/mol. The van der Waals surface area contributed by atoms with E-state index in [1.807, 2.05) is 36.2 Å². The number of hydrogen-bond acceptors (Lipinski definition) is 5. The minimum atomic E-state index is -0.141. The molecule has 0 bridgehead atoms. The predicted octanol–water partition coefficient (Wildman–Crippen LogP) is 3.25. The van der Waals surface area contributed by atoms with Gasteiger partial charge in [0.2, 0.25) is 5.89 Å². The van der Waals surface area contributed by atoms with Gasteiger partial charge in [0.1, 0.15) is 5.76 Å². The van der Waals surface area contributed by atoms with Crippen molar-refractivity contribution in [2.24, 2.45) is 7.05 Å². The minimum absolute atomic E-state index is 0. The van der Waals surface area contributed by atoms with Crippen molar-refractivity contribution in [3.05, 3.63) is 58.7 Å². The molecular formula is C19H21Cl2N5O2. The topological polar surface area (TPSA) is 76.2 Å². The largest absolute Gasteiger partial charge is 0.440 e. The number of rotatable bonds is 3. The van der Waals surface area contributed by atoms with Crippen molar-refractivity contribution in [2.75, 3.05) is 19.6 Å². The highest BCUT2D eigenvalue weighted by Crippen LogP contribution is 2.28. The lowest BCUT2D eigenvalue weighted by Gasteiger charge is -2.36. The smallest absolute Gasteiger partial charge is 0.276 e. The Bertz CT molecular complexity index is 984. The lowest BCUT2D eigenvalue weighted by atomic mass is 10.0. The molecule has 9 heteroatoms. The van der Waals surface area contributed by atoms with E-state index in [1.165, 1.54) is 0 Å². The van der Waals surface area contributed by atoms with E-state index in [0.29, 0.717) is 35.5 Å². The highest BCUT2D eigenvalue weighted by atomic mass is 35.5. The van der Waals surface area contributed by atoms with Gasteiger partial charge < -0.3 is 14.6 Å². The molecule has 0 aliphatic carbocycles. The molecule has 0 spiro atoms. The van der Waals surface area contributed by atoms with Crippen LogP contribution in [0.25, 0.3) is 11.5 Å². The Morgan fingerprint density at radius 3 is 2.93 bits per heavy atom. The zero-order valence-corrected chi connectivity index (χ0v) is 17.1. The molecule has 2 aromatic heterocycles. The maximum atomic E-state index is 13.3. The average Bonchev–Trinajstić information content (AvgIpc) is 3.27. The van der Waals surface area contributed by atoms with Crippen molar-refractivity contribution in [3.63, 3.8) is 0 Å². The van der Waals surface area contributed by atoms with Crippen LogP contribution in [0.3, 0.4) is 0 Å². The van der Waals surface area contributed by atoms with Crippen LogP contribution in [0.15, 0.2) is 41.1 Å². The van der Waals surface area contributed by atoms with Gasteiger partial charge in [-0.1, -0.05) is 23.7 Å². The Hall–Kier alpha value is -2.35. The van der Waals surface area contributed by atoms with Crippen LogP contribution in [-0.2, 0) is 7.05 Å². The summed E-state index contributed by atoms with van der Waals surface area (Å²) in [5, 5.41) is 8.13. The molecule has 4 rings (SSSR count). The minimum Gasteiger partial charge on any atom is -0.440 e. The third-order valence-electron chi connectivity index (χ3n) is 4.69. The van der Waals surface area contributed by atoms with E-state index in [9.17, 15) is 4.79 Å². The molecule has 148 valence electrons. The summed E-state index contributed by atoms with van der Waals surface area (Å²) in [4.78, 5) is 19.6. The SMILES string of the molecule is Cc1oc(-c2cnn(C)c2)nc1C(=O)N1CCNCC1c1cccc(Cl)c1.Cl. The second-order valence-corrected chi connectivity index (χ2v) is 7.04. The zero-order valence-electron chi connectivity index (χ0n) is 15.6. The van der Waals surface area contributed by atoms with Gasteiger partial charge in [0, 0.05) is 37.9 Å². The summed E-state index contributed by atoms with van der Waals surface area (Å²) in [5.41, 5.74) is 2.07. The van der Waals surface area contributed by atoms with Gasteiger partial charge in [-0.2, -0.15) is 5.10 Å². The number of aryl methyl sites for hydroxylation is 2. The Kier molecular flexibility index (Phi) is 6.07. The van der Waals surface area contributed by atoms with Crippen LogP contribution in [0, 0.1) is 6.92 Å². The summed E-state index contributed by atoms with van der Waals surface area (Å²) in [6.07, 6.45) is 3.47. The average molecular weight is 422 g/mol. The monoisotopic (exact) mass is 421 g/mol. The molecule has 1 N–H and O–H groups in total. The molecule has 1 aliphatic rings. The molecular weight excluding hydrogens is 401 g/mol. The molecule has 1 unspecified atom stereocenters. The number of nitrogens with one attached hydrogen (secondary N) is 1. The summed E-state index contributed by atoms with van der Waals surface area (Å²) in [7, 11) is 1.82.